The Hall–Kier alpha value is -1.13. The summed E-state index contributed by atoms with van der Waals surface area (Å²) in [6.07, 6.45) is 1.38. The van der Waals surface area contributed by atoms with Gasteiger partial charge in [-0.1, -0.05) is 50.1 Å². The lowest BCUT2D eigenvalue weighted by Gasteiger charge is -2.23. The number of halogens is 2. The SMILES string of the molecule is Cc1ccc(Oc2ncnc(Cl)c2Br)c(C(C)(C)C)c1. The summed E-state index contributed by atoms with van der Waals surface area (Å²) in [5.41, 5.74) is 2.30. The van der Waals surface area contributed by atoms with Gasteiger partial charge in [0.2, 0.25) is 5.88 Å². The van der Waals surface area contributed by atoms with Crippen molar-refractivity contribution in [2.75, 3.05) is 0 Å². The van der Waals surface area contributed by atoms with Crippen LogP contribution in [0.25, 0.3) is 0 Å². The van der Waals surface area contributed by atoms with E-state index in [1.54, 1.807) is 0 Å². The first-order valence-electron chi connectivity index (χ1n) is 6.24. The molecule has 0 aliphatic carbocycles. The molecule has 0 spiro atoms. The first-order chi connectivity index (χ1) is 9.29. The van der Waals surface area contributed by atoms with E-state index in [4.69, 9.17) is 16.3 Å². The van der Waals surface area contributed by atoms with Gasteiger partial charge in [-0.25, -0.2) is 9.97 Å². The number of rotatable bonds is 2. The van der Waals surface area contributed by atoms with Gasteiger partial charge in [0.15, 0.2) is 5.15 Å². The average Bonchev–Trinajstić information content (AvgIpc) is 2.36. The predicted molar refractivity (Wildman–Crippen MR) is 84.7 cm³/mol. The molecule has 0 saturated heterocycles. The van der Waals surface area contributed by atoms with Crippen molar-refractivity contribution in [3.8, 4) is 11.6 Å². The predicted octanol–water partition coefficient (Wildman–Crippen LogP) is 5.29. The van der Waals surface area contributed by atoms with Crippen LogP contribution >= 0.6 is 27.5 Å². The number of hydrogen-bond donors (Lipinski definition) is 0. The summed E-state index contributed by atoms with van der Waals surface area (Å²) in [6.45, 7) is 8.51. The Bertz CT molecular complexity index is 638. The largest absolute Gasteiger partial charge is 0.437 e. The highest BCUT2D eigenvalue weighted by Crippen LogP contribution is 2.37. The molecule has 0 bridgehead atoms. The number of hydrogen-bond acceptors (Lipinski definition) is 3. The van der Waals surface area contributed by atoms with Crippen molar-refractivity contribution in [2.24, 2.45) is 0 Å². The number of aromatic nitrogens is 2. The Morgan fingerprint density at radius 3 is 2.55 bits per heavy atom. The standard InChI is InChI=1S/C15H16BrClN2O/c1-9-5-6-11(10(7-9)15(2,3)4)20-14-12(16)13(17)18-8-19-14/h5-8H,1-4H3. The second-order valence-electron chi connectivity index (χ2n) is 5.64. The van der Waals surface area contributed by atoms with Gasteiger partial charge in [-0.05, 0) is 34.3 Å². The van der Waals surface area contributed by atoms with Gasteiger partial charge in [-0.3, -0.25) is 0 Å². The van der Waals surface area contributed by atoms with E-state index < -0.39 is 0 Å². The summed E-state index contributed by atoms with van der Waals surface area (Å²) < 4.78 is 6.48. The molecule has 0 unspecified atom stereocenters. The zero-order valence-electron chi connectivity index (χ0n) is 11.9. The lowest BCUT2D eigenvalue weighted by atomic mass is 9.85. The summed E-state index contributed by atoms with van der Waals surface area (Å²) in [4.78, 5) is 8.01. The second kappa shape index (κ2) is 5.70. The third kappa shape index (κ3) is 3.30. The van der Waals surface area contributed by atoms with E-state index in [2.05, 4.69) is 59.7 Å². The first-order valence-corrected chi connectivity index (χ1v) is 7.41. The van der Waals surface area contributed by atoms with E-state index in [-0.39, 0.29) is 5.41 Å². The van der Waals surface area contributed by atoms with Crippen molar-refractivity contribution in [1.29, 1.82) is 0 Å². The van der Waals surface area contributed by atoms with Crippen molar-refractivity contribution in [2.45, 2.75) is 33.1 Å². The van der Waals surface area contributed by atoms with Crippen LogP contribution in [0.15, 0.2) is 29.0 Å². The van der Waals surface area contributed by atoms with Crippen molar-refractivity contribution >= 4 is 27.5 Å². The van der Waals surface area contributed by atoms with Crippen LogP contribution in [-0.4, -0.2) is 9.97 Å². The maximum atomic E-state index is 5.96. The average molecular weight is 356 g/mol. The fourth-order valence-electron chi connectivity index (χ4n) is 1.83. The molecule has 0 radical (unpaired) electrons. The maximum absolute atomic E-state index is 5.96. The Labute approximate surface area is 132 Å². The highest BCUT2D eigenvalue weighted by atomic mass is 79.9. The van der Waals surface area contributed by atoms with E-state index in [1.165, 1.54) is 11.9 Å². The Morgan fingerprint density at radius 1 is 1.20 bits per heavy atom. The third-order valence-electron chi connectivity index (χ3n) is 2.86. The topological polar surface area (TPSA) is 35.0 Å². The van der Waals surface area contributed by atoms with Crippen LogP contribution in [-0.2, 0) is 5.41 Å². The van der Waals surface area contributed by atoms with E-state index in [0.29, 0.717) is 15.5 Å². The molecule has 106 valence electrons. The highest BCUT2D eigenvalue weighted by molar-refractivity contribution is 9.10. The quantitative estimate of drug-likeness (QED) is 0.686. The van der Waals surface area contributed by atoms with Crippen molar-refractivity contribution < 1.29 is 4.74 Å². The van der Waals surface area contributed by atoms with E-state index >= 15 is 0 Å². The summed E-state index contributed by atoms with van der Waals surface area (Å²) >= 11 is 9.30. The molecule has 1 aromatic carbocycles. The molecule has 0 fully saturated rings. The number of ether oxygens (including phenoxy) is 1. The Kier molecular flexibility index (Phi) is 4.35. The van der Waals surface area contributed by atoms with Crippen LogP contribution in [0.4, 0.5) is 0 Å². The molecule has 0 saturated carbocycles. The van der Waals surface area contributed by atoms with Crippen LogP contribution in [0.5, 0.6) is 11.6 Å². The smallest absolute Gasteiger partial charge is 0.238 e. The highest BCUT2D eigenvalue weighted by Gasteiger charge is 2.20. The van der Waals surface area contributed by atoms with Crippen LogP contribution in [0, 0.1) is 6.92 Å². The molecule has 0 aliphatic heterocycles. The number of aryl methyl sites for hydroxylation is 1. The minimum atomic E-state index is -0.0232. The molecule has 3 nitrogen and oxygen atoms in total. The molecule has 5 heteroatoms. The van der Waals surface area contributed by atoms with E-state index in [1.807, 2.05) is 12.1 Å². The molecule has 0 amide bonds. The maximum Gasteiger partial charge on any atom is 0.238 e. The van der Waals surface area contributed by atoms with Crippen LogP contribution in [0.3, 0.4) is 0 Å². The summed E-state index contributed by atoms with van der Waals surface area (Å²) in [5.74, 6) is 1.19. The van der Waals surface area contributed by atoms with Crippen LogP contribution in [0.1, 0.15) is 31.9 Å². The van der Waals surface area contributed by atoms with E-state index in [0.717, 1.165) is 11.3 Å². The third-order valence-corrected chi connectivity index (χ3v) is 4.09. The summed E-state index contributed by atoms with van der Waals surface area (Å²) in [5, 5.41) is 0.333. The minimum Gasteiger partial charge on any atom is -0.437 e. The van der Waals surface area contributed by atoms with Gasteiger partial charge in [0.05, 0.1) is 0 Å². The molecule has 0 atom stereocenters. The molecule has 1 heterocycles. The van der Waals surface area contributed by atoms with Crippen LogP contribution in [0.2, 0.25) is 5.15 Å². The summed E-state index contributed by atoms with van der Waals surface area (Å²) in [6, 6.07) is 6.10. The van der Waals surface area contributed by atoms with Gasteiger partial charge in [-0.15, -0.1) is 0 Å². The normalized spacial score (nSPS) is 11.5. The van der Waals surface area contributed by atoms with Gasteiger partial charge < -0.3 is 4.74 Å². The molecule has 1 aromatic heterocycles. The van der Waals surface area contributed by atoms with Crippen molar-refractivity contribution in [1.82, 2.24) is 9.97 Å². The Morgan fingerprint density at radius 2 is 1.90 bits per heavy atom. The van der Waals surface area contributed by atoms with Gasteiger partial charge in [0.1, 0.15) is 16.5 Å². The lowest BCUT2D eigenvalue weighted by Crippen LogP contribution is -2.13. The molecule has 0 N–H and O–H groups in total. The molecule has 20 heavy (non-hydrogen) atoms. The molecule has 2 rings (SSSR count). The number of nitrogens with zero attached hydrogens (tertiary/aromatic N) is 2. The molecular formula is C15H16BrClN2O. The van der Waals surface area contributed by atoms with Gasteiger partial charge >= 0.3 is 0 Å². The van der Waals surface area contributed by atoms with Crippen molar-refractivity contribution in [3.63, 3.8) is 0 Å². The molecule has 2 aromatic rings. The second-order valence-corrected chi connectivity index (χ2v) is 6.79. The zero-order chi connectivity index (χ0) is 14.9. The fraction of sp³-hybridized carbons (Fsp3) is 0.333. The monoisotopic (exact) mass is 354 g/mol. The lowest BCUT2D eigenvalue weighted by molar-refractivity contribution is 0.436. The minimum absolute atomic E-state index is 0.0232. The Balaban J connectivity index is 2.46. The van der Waals surface area contributed by atoms with Gasteiger partial charge in [0.25, 0.3) is 0 Å². The zero-order valence-corrected chi connectivity index (χ0v) is 14.2. The summed E-state index contributed by atoms with van der Waals surface area (Å²) in [7, 11) is 0. The molecular weight excluding hydrogens is 340 g/mol. The van der Waals surface area contributed by atoms with E-state index in [9.17, 15) is 0 Å². The van der Waals surface area contributed by atoms with Gasteiger partial charge in [0, 0.05) is 5.56 Å². The van der Waals surface area contributed by atoms with Crippen LogP contribution < -0.4 is 4.74 Å². The first kappa shape index (κ1) is 15.3. The number of benzene rings is 1. The van der Waals surface area contributed by atoms with Gasteiger partial charge in [-0.2, -0.15) is 0 Å². The fourth-order valence-corrected chi connectivity index (χ4v) is 2.24. The molecule has 0 aliphatic rings. The van der Waals surface area contributed by atoms with Crippen molar-refractivity contribution in [3.05, 3.63) is 45.3 Å².